The van der Waals surface area contributed by atoms with Crippen molar-refractivity contribution < 1.29 is 27.8 Å². The van der Waals surface area contributed by atoms with Crippen molar-refractivity contribution in [3.8, 4) is 45.6 Å². The molecule has 6 aromatic rings. The molecule has 212 valence electrons. The Morgan fingerprint density at radius 2 is 0.833 bits per heavy atom. The van der Waals surface area contributed by atoms with Gasteiger partial charge in [-0.2, -0.15) is 0 Å². The summed E-state index contributed by atoms with van der Waals surface area (Å²) in [6.07, 6.45) is 0. The highest BCUT2D eigenvalue weighted by molar-refractivity contribution is 5.79. The van der Waals surface area contributed by atoms with E-state index in [-0.39, 0.29) is 10.9 Å². The van der Waals surface area contributed by atoms with E-state index in [1.165, 1.54) is 12.1 Å². The molecule has 0 spiro atoms. The maximum Gasteiger partial charge on any atom is 0.193 e. The second-order valence-electron chi connectivity index (χ2n) is 9.08. The van der Waals surface area contributed by atoms with Crippen molar-refractivity contribution in [1.82, 2.24) is 0 Å². The average molecular weight is 565 g/mol. The summed E-state index contributed by atoms with van der Waals surface area (Å²) in [5, 5.41) is 1.14. The van der Waals surface area contributed by atoms with Crippen LogP contribution in [0.4, 0.5) is 0 Å². The molecule has 0 radical (unpaired) electrons. The van der Waals surface area contributed by atoms with Gasteiger partial charge in [-0.1, -0.05) is 24.3 Å². The molecule has 0 aliphatic heterocycles. The first-order valence-electron chi connectivity index (χ1n) is 13.0. The summed E-state index contributed by atoms with van der Waals surface area (Å²) >= 11 is 0. The van der Waals surface area contributed by atoms with Crippen molar-refractivity contribution in [1.29, 1.82) is 0 Å². The topological polar surface area (TPSA) is 97.3 Å². The van der Waals surface area contributed by atoms with Crippen LogP contribution in [0.3, 0.4) is 0 Å². The van der Waals surface area contributed by atoms with Crippen LogP contribution in [0, 0.1) is 0 Å². The van der Waals surface area contributed by atoms with Crippen LogP contribution in [0.2, 0.25) is 0 Å². The van der Waals surface area contributed by atoms with Crippen molar-refractivity contribution in [2.24, 2.45) is 0 Å². The van der Waals surface area contributed by atoms with Crippen molar-refractivity contribution in [2.45, 2.75) is 0 Å². The van der Waals surface area contributed by atoms with Gasteiger partial charge in [-0.05, 0) is 60.7 Å². The zero-order chi connectivity index (χ0) is 29.6. The molecule has 0 amide bonds. The highest BCUT2D eigenvalue weighted by Crippen LogP contribution is 2.34. The van der Waals surface area contributed by atoms with E-state index in [1.54, 1.807) is 77.0 Å². The Morgan fingerprint density at radius 1 is 0.452 bits per heavy atom. The van der Waals surface area contributed by atoms with Crippen molar-refractivity contribution >= 4 is 21.9 Å². The highest BCUT2D eigenvalue weighted by Gasteiger charge is 2.12. The largest absolute Gasteiger partial charge is 0.493 e. The van der Waals surface area contributed by atoms with Crippen molar-refractivity contribution in [3.63, 3.8) is 0 Å². The molecular weight excluding hydrogens is 536 g/mol. The fourth-order valence-electron chi connectivity index (χ4n) is 4.47. The summed E-state index contributed by atoms with van der Waals surface area (Å²) in [7, 11) is 6.29. The predicted octanol–water partition coefficient (Wildman–Crippen LogP) is 6.95. The van der Waals surface area contributed by atoms with Gasteiger partial charge in [0.15, 0.2) is 33.9 Å². The number of rotatable bonds is 6. The normalized spacial score (nSPS) is 10.6. The van der Waals surface area contributed by atoms with E-state index in [2.05, 4.69) is 0 Å². The third-order valence-electron chi connectivity index (χ3n) is 6.61. The third kappa shape index (κ3) is 5.69. The molecule has 0 bridgehead atoms. The van der Waals surface area contributed by atoms with Gasteiger partial charge in [0.05, 0.1) is 39.2 Å². The summed E-state index contributed by atoms with van der Waals surface area (Å²) in [6, 6.07) is 28.1. The van der Waals surface area contributed by atoms with Gasteiger partial charge in [-0.15, -0.1) is 0 Å². The highest BCUT2D eigenvalue weighted by atomic mass is 16.5. The third-order valence-corrected chi connectivity index (χ3v) is 6.61. The Hall–Kier alpha value is -5.50. The number of hydrogen-bond acceptors (Lipinski definition) is 8. The minimum absolute atomic E-state index is 0.0679. The maximum absolute atomic E-state index is 12.1. The predicted molar refractivity (Wildman–Crippen MR) is 162 cm³/mol. The van der Waals surface area contributed by atoms with E-state index in [4.69, 9.17) is 27.8 Å². The van der Waals surface area contributed by atoms with Crippen molar-refractivity contribution in [2.75, 3.05) is 28.4 Å². The molecular formula is C34H28O8. The van der Waals surface area contributed by atoms with Crippen LogP contribution in [-0.4, -0.2) is 28.4 Å². The molecule has 0 aliphatic carbocycles. The van der Waals surface area contributed by atoms with Gasteiger partial charge in [-0.25, -0.2) is 0 Å². The van der Waals surface area contributed by atoms with Gasteiger partial charge in [0.2, 0.25) is 0 Å². The Kier molecular flexibility index (Phi) is 8.24. The second kappa shape index (κ2) is 12.3. The molecule has 0 saturated carbocycles. The van der Waals surface area contributed by atoms with Crippen LogP contribution in [-0.2, 0) is 0 Å². The molecule has 0 unspecified atom stereocenters. The molecule has 0 aliphatic rings. The summed E-state index contributed by atoms with van der Waals surface area (Å²) in [5.74, 6) is 3.43. The standard InChI is InChI=1S/2C17H14O4/c2*1-19-15-8-7-11(9-17(15)20-2)16-10-13(18)12-5-3-4-6-14(12)21-16/h2*3-10H,1-2H3. The summed E-state index contributed by atoms with van der Waals surface area (Å²) in [4.78, 5) is 24.3. The Labute approximate surface area is 241 Å². The van der Waals surface area contributed by atoms with Crippen LogP contribution in [0.1, 0.15) is 0 Å². The Bertz CT molecular complexity index is 1840. The Balaban J connectivity index is 0.000000168. The first kappa shape index (κ1) is 28.0. The molecule has 2 heterocycles. The first-order valence-corrected chi connectivity index (χ1v) is 13.0. The first-order chi connectivity index (χ1) is 20.4. The number of benzene rings is 4. The minimum atomic E-state index is -0.0679. The van der Waals surface area contributed by atoms with Gasteiger partial charge in [0.25, 0.3) is 0 Å². The summed E-state index contributed by atoms with van der Waals surface area (Å²) < 4.78 is 32.6. The van der Waals surface area contributed by atoms with Crippen LogP contribution in [0.15, 0.2) is 115 Å². The van der Waals surface area contributed by atoms with E-state index < -0.39 is 0 Å². The monoisotopic (exact) mass is 564 g/mol. The second-order valence-corrected chi connectivity index (χ2v) is 9.08. The molecule has 42 heavy (non-hydrogen) atoms. The lowest BCUT2D eigenvalue weighted by Gasteiger charge is -2.09. The molecule has 0 N–H and O–H groups in total. The molecule has 0 atom stereocenters. The van der Waals surface area contributed by atoms with Crippen LogP contribution >= 0.6 is 0 Å². The van der Waals surface area contributed by atoms with Crippen LogP contribution in [0.25, 0.3) is 44.6 Å². The quantitative estimate of drug-likeness (QED) is 0.214. The van der Waals surface area contributed by atoms with Gasteiger partial charge in [0.1, 0.15) is 22.7 Å². The lowest BCUT2D eigenvalue weighted by Crippen LogP contribution is -2.00. The molecule has 8 heteroatoms. The average Bonchev–Trinajstić information content (AvgIpc) is 3.04. The molecule has 2 aromatic heterocycles. The number of methoxy groups -OCH3 is 4. The molecule has 8 nitrogen and oxygen atoms in total. The van der Waals surface area contributed by atoms with Crippen LogP contribution in [0.5, 0.6) is 23.0 Å². The fourth-order valence-corrected chi connectivity index (χ4v) is 4.47. The van der Waals surface area contributed by atoms with Crippen LogP contribution < -0.4 is 29.8 Å². The lowest BCUT2D eigenvalue weighted by atomic mass is 10.1. The van der Waals surface area contributed by atoms with E-state index in [9.17, 15) is 9.59 Å². The fraction of sp³-hybridized carbons (Fsp3) is 0.118. The molecule has 4 aromatic carbocycles. The lowest BCUT2D eigenvalue weighted by molar-refractivity contribution is 0.355. The van der Waals surface area contributed by atoms with Gasteiger partial charge >= 0.3 is 0 Å². The summed E-state index contributed by atoms with van der Waals surface area (Å²) in [6.45, 7) is 0. The van der Waals surface area contributed by atoms with E-state index in [0.29, 0.717) is 56.5 Å². The zero-order valence-corrected chi connectivity index (χ0v) is 23.5. The smallest absolute Gasteiger partial charge is 0.193 e. The van der Waals surface area contributed by atoms with Gasteiger partial charge in [0, 0.05) is 23.3 Å². The van der Waals surface area contributed by atoms with Gasteiger partial charge < -0.3 is 27.8 Å². The van der Waals surface area contributed by atoms with E-state index in [0.717, 1.165) is 11.1 Å². The van der Waals surface area contributed by atoms with Gasteiger partial charge in [-0.3, -0.25) is 9.59 Å². The number of fused-ring (bicyclic) bond motifs is 2. The molecule has 0 fully saturated rings. The van der Waals surface area contributed by atoms with E-state index >= 15 is 0 Å². The number of ether oxygens (including phenoxy) is 4. The Morgan fingerprint density at radius 3 is 1.21 bits per heavy atom. The minimum Gasteiger partial charge on any atom is -0.493 e. The molecule has 0 saturated heterocycles. The number of hydrogen-bond donors (Lipinski definition) is 0. The number of para-hydroxylation sites is 2. The molecule has 6 rings (SSSR count). The zero-order valence-electron chi connectivity index (χ0n) is 23.5. The van der Waals surface area contributed by atoms with E-state index in [1.807, 2.05) is 36.4 Å². The summed E-state index contributed by atoms with van der Waals surface area (Å²) in [5.41, 5.74) is 2.51. The maximum atomic E-state index is 12.1. The van der Waals surface area contributed by atoms with Crippen molar-refractivity contribution in [3.05, 3.63) is 118 Å². The SMILES string of the molecule is COc1ccc(-c2cc(=O)c3ccccc3o2)cc1OC.COc1ccc(-c2cc(=O)c3ccccc3o2)cc1OC.